The second-order valence-electron chi connectivity index (χ2n) is 4.55. The second kappa shape index (κ2) is 8.09. The van der Waals surface area contributed by atoms with E-state index in [1.807, 2.05) is 4.90 Å². The molecule has 0 bridgehead atoms. The fourth-order valence-corrected chi connectivity index (χ4v) is 2.06. The minimum Gasteiger partial charge on any atom is -0.385 e. The van der Waals surface area contributed by atoms with Crippen LogP contribution < -0.4 is 5.73 Å². The van der Waals surface area contributed by atoms with Gasteiger partial charge in [-0.25, -0.2) is 0 Å². The molecule has 1 unspecified atom stereocenters. The van der Waals surface area contributed by atoms with E-state index in [0.717, 1.165) is 32.6 Å². The molecule has 0 spiro atoms. The smallest absolute Gasteiger partial charge is 0.239 e. The van der Waals surface area contributed by atoms with Gasteiger partial charge in [-0.05, 0) is 12.8 Å². The zero-order valence-electron chi connectivity index (χ0n) is 11.1. The highest BCUT2D eigenvalue weighted by atomic mass is 16.5. The first kappa shape index (κ1) is 15.0. The molecule has 1 aliphatic heterocycles. The van der Waals surface area contributed by atoms with Gasteiger partial charge in [0.05, 0.1) is 12.6 Å². The summed E-state index contributed by atoms with van der Waals surface area (Å²) in [5, 5.41) is 0. The number of ether oxygens (including phenoxy) is 1. The molecule has 0 aromatic rings. The molecule has 0 radical (unpaired) electrons. The Balaban J connectivity index is 2.28. The number of rotatable bonds is 6. The maximum Gasteiger partial charge on any atom is 0.239 e. The average molecular weight is 253 g/mol. The molecular weight excluding hydrogens is 230 g/mol. The highest BCUT2D eigenvalue weighted by Crippen LogP contribution is 2.05. The number of nitrogens with two attached hydrogens (primary N) is 1. The molecule has 18 heavy (non-hydrogen) atoms. The molecule has 2 N–H and O–H groups in total. The number of hydrogen-bond donors (Lipinski definition) is 1. The van der Waals surface area contributed by atoms with E-state index >= 15 is 0 Å². The second-order valence-corrected chi connectivity index (χ2v) is 4.55. The largest absolute Gasteiger partial charge is 0.385 e. The lowest BCUT2D eigenvalue weighted by Crippen LogP contribution is -2.53. The van der Waals surface area contributed by atoms with Crippen LogP contribution in [0.5, 0.6) is 0 Å². The first-order valence-electron chi connectivity index (χ1n) is 6.38. The van der Waals surface area contributed by atoms with Crippen LogP contribution in [-0.2, 0) is 9.53 Å². The number of nitrogens with zero attached hydrogens (tertiary/aromatic N) is 2. The lowest BCUT2D eigenvalue weighted by Gasteiger charge is -2.35. The fourth-order valence-electron chi connectivity index (χ4n) is 2.06. The first-order chi connectivity index (χ1) is 8.69. The summed E-state index contributed by atoms with van der Waals surface area (Å²) in [5.41, 5.74) is 5.89. The third-order valence-corrected chi connectivity index (χ3v) is 3.18. The Bertz CT molecular complexity index is 293. The molecule has 1 amide bonds. The standard InChI is InChI=1S/C13H23N3O2/c1-3-6-15-7-9-16(10-8-15)13(17)12(14)5-4-11-18-2/h1,12H,4-11,14H2,2H3. The van der Waals surface area contributed by atoms with Crippen LogP contribution in [0.25, 0.3) is 0 Å². The molecule has 1 saturated heterocycles. The van der Waals surface area contributed by atoms with Gasteiger partial charge in [-0.3, -0.25) is 9.69 Å². The zero-order valence-corrected chi connectivity index (χ0v) is 11.1. The minimum absolute atomic E-state index is 0.0476. The van der Waals surface area contributed by atoms with Gasteiger partial charge in [0.1, 0.15) is 0 Å². The Morgan fingerprint density at radius 3 is 2.67 bits per heavy atom. The number of terminal acetylenes is 1. The van der Waals surface area contributed by atoms with Gasteiger partial charge in [-0.1, -0.05) is 5.92 Å². The molecule has 0 aliphatic carbocycles. The topological polar surface area (TPSA) is 58.8 Å². The summed E-state index contributed by atoms with van der Waals surface area (Å²) < 4.78 is 4.95. The van der Waals surface area contributed by atoms with Crippen LogP contribution >= 0.6 is 0 Å². The molecule has 0 aromatic carbocycles. The van der Waals surface area contributed by atoms with Gasteiger partial charge in [0.25, 0.3) is 0 Å². The first-order valence-corrected chi connectivity index (χ1v) is 6.38. The van der Waals surface area contributed by atoms with E-state index in [1.54, 1.807) is 7.11 Å². The number of carbonyl (C=O) groups is 1. The summed E-state index contributed by atoms with van der Waals surface area (Å²) in [4.78, 5) is 16.1. The summed E-state index contributed by atoms with van der Waals surface area (Å²) >= 11 is 0. The van der Waals surface area contributed by atoms with Gasteiger partial charge in [0.2, 0.25) is 5.91 Å². The molecule has 1 fully saturated rings. The molecule has 102 valence electrons. The maximum absolute atomic E-state index is 12.1. The summed E-state index contributed by atoms with van der Waals surface area (Å²) in [6.07, 6.45) is 6.76. The van der Waals surface area contributed by atoms with Crippen molar-refractivity contribution in [3.8, 4) is 12.3 Å². The van der Waals surface area contributed by atoms with Crippen LogP contribution in [0, 0.1) is 12.3 Å². The number of methoxy groups -OCH3 is 1. The van der Waals surface area contributed by atoms with E-state index in [4.69, 9.17) is 16.9 Å². The van der Waals surface area contributed by atoms with Gasteiger partial charge in [0.15, 0.2) is 0 Å². The van der Waals surface area contributed by atoms with Gasteiger partial charge in [0, 0.05) is 39.9 Å². The molecule has 1 heterocycles. The highest BCUT2D eigenvalue weighted by Gasteiger charge is 2.24. The van der Waals surface area contributed by atoms with E-state index in [2.05, 4.69) is 10.8 Å². The third-order valence-electron chi connectivity index (χ3n) is 3.18. The van der Waals surface area contributed by atoms with E-state index in [-0.39, 0.29) is 5.91 Å². The monoisotopic (exact) mass is 253 g/mol. The predicted octanol–water partition coefficient (Wildman–Crippen LogP) is -0.482. The van der Waals surface area contributed by atoms with Crippen LogP contribution in [0.1, 0.15) is 12.8 Å². The van der Waals surface area contributed by atoms with Crippen molar-refractivity contribution in [2.45, 2.75) is 18.9 Å². The van der Waals surface area contributed by atoms with Crippen LogP contribution in [-0.4, -0.2) is 68.2 Å². The number of amides is 1. The van der Waals surface area contributed by atoms with E-state index in [9.17, 15) is 4.79 Å². The molecule has 5 heteroatoms. The Labute approximate surface area is 109 Å². The van der Waals surface area contributed by atoms with Crippen molar-refractivity contribution in [1.29, 1.82) is 0 Å². The zero-order chi connectivity index (χ0) is 13.4. The number of piperazine rings is 1. The van der Waals surface area contributed by atoms with Crippen LogP contribution in [0.15, 0.2) is 0 Å². The van der Waals surface area contributed by atoms with Crippen LogP contribution in [0.4, 0.5) is 0 Å². The molecule has 1 aliphatic rings. The minimum atomic E-state index is -0.403. The van der Waals surface area contributed by atoms with Crippen molar-refractivity contribution < 1.29 is 9.53 Å². The quantitative estimate of drug-likeness (QED) is 0.513. The van der Waals surface area contributed by atoms with Crippen LogP contribution in [0.3, 0.4) is 0 Å². The molecule has 0 saturated carbocycles. The average Bonchev–Trinajstić information content (AvgIpc) is 2.39. The Morgan fingerprint density at radius 1 is 1.44 bits per heavy atom. The van der Waals surface area contributed by atoms with E-state index in [1.165, 1.54) is 0 Å². The Morgan fingerprint density at radius 2 is 2.11 bits per heavy atom. The summed E-state index contributed by atoms with van der Waals surface area (Å²) in [6, 6.07) is -0.403. The van der Waals surface area contributed by atoms with Gasteiger partial charge in [-0.2, -0.15) is 0 Å². The van der Waals surface area contributed by atoms with Crippen molar-refractivity contribution in [1.82, 2.24) is 9.80 Å². The van der Waals surface area contributed by atoms with E-state index in [0.29, 0.717) is 19.6 Å². The molecule has 5 nitrogen and oxygen atoms in total. The number of hydrogen-bond acceptors (Lipinski definition) is 4. The van der Waals surface area contributed by atoms with Crippen molar-refractivity contribution in [3.63, 3.8) is 0 Å². The highest BCUT2D eigenvalue weighted by molar-refractivity contribution is 5.81. The number of carbonyl (C=O) groups excluding carboxylic acids is 1. The fraction of sp³-hybridized carbons (Fsp3) is 0.769. The van der Waals surface area contributed by atoms with Gasteiger partial charge < -0.3 is 15.4 Å². The maximum atomic E-state index is 12.1. The van der Waals surface area contributed by atoms with Crippen LogP contribution in [0.2, 0.25) is 0 Å². The van der Waals surface area contributed by atoms with Gasteiger partial charge in [-0.15, -0.1) is 6.42 Å². The Hall–Kier alpha value is -1.09. The Kier molecular flexibility index (Phi) is 6.73. The predicted molar refractivity (Wildman–Crippen MR) is 70.9 cm³/mol. The lowest BCUT2D eigenvalue weighted by atomic mass is 10.1. The summed E-state index contributed by atoms with van der Waals surface area (Å²) in [5.74, 6) is 2.67. The molecule has 1 rings (SSSR count). The van der Waals surface area contributed by atoms with Crippen molar-refractivity contribution in [3.05, 3.63) is 0 Å². The molecule has 1 atom stereocenters. The van der Waals surface area contributed by atoms with Crippen molar-refractivity contribution in [2.24, 2.45) is 5.73 Å². The van der Waals surface area contributed by atoms with Crippen molar-refractivity contribution in [2.75, 3.05) is 46.4 Å². The lowest BCUT2D eigenvalue weighted by molar-refractivity contribution is -0.134. The van der Waals surface area contributed by atoms with Gasteiger partial charge >= 0.3 is 0 Å². The summed E-state index contributed by atoms with van der Waals surface area (Å²) in [6.45, 7) is 4.41. The third kappa shape index (κ3) is 4.65. The summed E-state index contributed by atoms with van der Waals surface area (Å²) in [7, 11) is 1.65. The van der Waals surface area contributed by atoms with E-state index < -0.39 is 6.04 Å². The molecular formula is C13H23N3O2. The SMILES string of the molecule is C#CCN1CCN(C(=O)C(N)CCCOC)CC1. The molecule has 0 aromatic heterocycles. The normalized spacial score (nSPS) is 18.4. The van der Waals surface area contributed by atoms with Crippen molar-refractivity contribution >= 4 is 5.91 Å².